The van der Waals surface area contributed by atoms with E-state index >= 15 is 0 Å². The molecule has 0 atom stereocenters. The van der Waals surface area contributed by atoms with Gasteiger partial charge in [0, 0.05) is 20.3 Å². The van der Waals surface area contributed by atoms with Gasteiger partial charge in [-0.3, -0.25) is 9.36 Å². The van der Waals surface area contributed by atoms with Crippen LogP contribution >= 0.6 is 12.2 Å². The van der Waals surface area contributed by atoms with Crippen molar-refractivity contribution in [3.8, 4) is 11.5 Å². The van der Waals surface area contributed by atoms with Crippen LogP contribution in [0, 0.1) is 4.77 Å². The smallest absolute Gasteiger partial charge is 0.262 e. The van der Waals surface area contributed by atoms with Crippen LogP contribution in [0.25, 0.3) is 10.9 Å². The number of methoxy groups -OCH3 is 4. The minimum atomic E-state index is -0.564. The second-order valence-corrected chi connectivity index (χ2v) is 4.89. The lowest BCUT2D eigenvalue weighted by Gasteiger charge is -2.16. The van der Waals surface area contributed by atoms with E-state index in [1.165, 1.54) is 33.0 Å². The summed E-state index contributed by atoms with van der Waals surface area (Å²) < 4.78 is 22.4. The maximum Gasteiger partial charge on any atom is 0.262 e. The molecular weight excluding hydrogens is 308 g/mol. The summed E-state index contributed by atoms with van der Waals surface area (Å²) in [6.45, 7) is 0.186. The van der Waals surface area contributed by atoms with Gasteiger partial charge in [-0.05, 0) is 18.3 Å². The predicted molar refractivity (Wildman–Crippen MR) is 84.3 cm³/mol. The highest BCUT2D eigenvalue weighted by atomic mass is 32.1. The van der Waals surface area contributed by atoms with E-state index in [4.69, 9.17) is 31.2 Å². The summed E-state index contributed by atoms with van der Waals surface area (Å²) in [6.07, 6.45) is -0.564. The number of benzene rings is 1. The molecule has 0 fully saturated rings. The molecule has 22 heavy (non-hydrogen) atoms. The molecular formula is C14H18N2O5S. The number of hydrogen-bond acceptors (Lipinski definition) is 6. The van der Waals surface area contributed by atoms with Crippen molar-refractivity contribution >= 4 is 23.1 Å². The fourth-order valence-electron chi connectivity index (χ4n) is 2.14. The summed E-state index contributed by atoms with van der Waals surface area (Å²) in [5.41, 5.74) is 0.328. The Kier molecular flexibility index (Phi) is 5.17. The maximum absolute atomic E-state index is 12.7. The fraction of sp³-hybridized carbons (Fsp3) is 0.429. The Hall–Kier alpha value is -1.90. The highest BCUT2D eigenvalue weighted by Gasteiger charge is 2.14. The van der Waals surface area contributed by atoms with Crippen LogP contribution in [0.4, 0.5) is 0 Å². The number of fused-ring (bicyclic) bond motifs is 1. The van der Waals surface area contributed by atoms with Gasteiger partial charge in [-0.1, -0.05) is 0 Å². The average molecular weight is 326 g/mol. The fourth-order valence-corrected chi connectivity index (χ4v) is 2.41. The standard InChI is InChI=1S/C14H18N2O5S/c1-18-10-5-8-9(6-11(10)19-2)15-14(22)16(13(8)17)7-12(20-3)21-4/h5-6,12H,7H2,1-4H3,(H,15,22). The van der Waals surface area contributed by atoms with Gasteiger partial charge in [0.05, 0.1) is 31.7 Å². The first-order valence-electron chi connectivity index (χ1n) is 6.50. The molecule has 120 valence electrons. The zero-order valence-corrected chi connectivity index (χ0v) is 13.7. The van der Waals surface area contributed by atoms with Crippen LogP contribution < -0.4 is 15.0 Å². The van der Waals surface area contributed by atoms with Crippen LogP contribution in [-0.4, -0.2) is 44.3 Å². The van der Waals surface area contributed by atoms with Crippen molar-refractivity contribution in [2.24, 2.45) is 0 Å². The second kappa shape index (κ2) is 6.91. The zero-order valence-electron chi connectivity index (χ0n) is 12.8. The van der Waals surface area contributed by atoms with Gasteiger partial charge in [0.15, 0.2) is 22.6 Å². The van der Waals surface area contributed by atoms with Crippen LogP contribution in [0.3, 0.4) is 0 Å². The number of aromatic nitrogens is 2. The Balaban J connectivity index is 2.66. The summed E-state index contributed by atoms with van der Waals surface area (Å²) in [4.78, 5) is 15.7. The maximum atomic E-state index is 12.7. The molecule has 2 rings (SSSR count). The number of nitrogens with one attached hydrogen (secondary N) is 1. The summed E-state index contributed by atoms with van der Waals surface area (Å²) in [6, 6.07) is 3.30. The van der Waals surface area contributed by atoms with E-state index in [9.17, 15) is 4.79 Å². The Labute approximate surface area is 132 Å². The Morgan fingerprint density at radius 3 is 2.27 bits per heavy atom. The highest BCUT2D eigenvalue weighted by molar-refractivity contribution is 7.71. The third-order valence-electron chi connectivity index (χ3n) is 3.34. The zero-order chi connectivity index (χ0) is 16.3. The third-order valence-corrected chi connectivity index (χ3v) is 3.67. The SMILES string of the molecule is COc1cc2[nH]c(=S)n(CC(OC)OC)c(=O)c2cc1OC. The molecule has 0 saturated heterocycles. The van der Waals surface area contributed by atoms with Crippen molar-refractivity contribution in [1.29, 1.82) is 0 Å². The van der Waals surface area contributed by atoms with Crippen molar-refractivity contribution < 1.29 is 18.9 Å². The first kappa shape index (κ1) is 16.5. The molecule has 7 nitrogen and oxygen atoms in total. The lowest BCUT2D eigenvalue weighted by molar-refractivity contribution is -0.111. The van der Waals surface area contributed by atoms with Crippen LogP contribution in [0.1, 0.15) is 0 Å². The molecule has 0 radical (unpaired) electrons. The summed E-state index contributed by atoms with van der Waals surface area (Å²) in [5, 5.41) is 0.442. The average Bonchev–Trinajstić information content (AvgIpc) is 2.54. The van der Waals surface area contributed by atoms with Crippen LogP contribution in [0.5, 0.6) is 11.5 Å². The number of hydrogen-bond donors (Lipinski definition) is 1. The molecule has 0 spiro atoms. The molecule has 0 bridgehead atoms. The number of ether oxygens (including phenoxy) is 4. The first-order chi connectivity index (χ1) is 10.5. The number of nitrogens with zero attached hydrogens (tertiary/aromatic N) is 1. The molecule has 0 aliphatic carbocycles. The van der Waals surface area contributed by atoms with Crippen molar-refractivity contribution in [3.05, 3.63) is 27.3 Å². The minimum Gasteiger partial charge on any atom is -0.493 e. The van der Waals surface area contributed by atoms with Gasteiger partial charge in [0.1, 0.15) is 0 Å². The molecule has 1 aromatic heterocycles. The largest absolute Gasteiger partial charge is 0.493 e. The monoisotopic (exact) mass is 326 g/mol. The Morgan fingerprint density at radius 2 is 1.73 bits per heavy atom. The van der Waals surface area contributed by atoms with Crippen molar-refractivity contribution in [2.75, 3.05) is 28.4 Å². The minimum absolute atomic E-state index is 0.186. The second-order valence-electron chi connectivity index (χ2n) is 4.50. The van der Waals surface area contributed by atoms with Gasteiger partial charge in [-0.25, -0.2) is 0 Å². The van der Waals surface area contributed by atoms with Crippen molar-refractivity contribution in [1.82, 2.24) is 9.55 Å². The molecule has 1 heterocycles. The lowest BCUT2D eigenvalue weighted by atomic mass is 10.2. The normalized spacial score (nSPS) is 11.1. The van der Waals surface area contributed by atoms with Crippen molar-refractivity contribution in [2.45, 2.75) is 12.8 Å². The summed E-state index contributed by atoms with van der Waals surface area (Å²) in [5.74, 6) is 0.990. The van der Waals surface area contributed by atoms with Gasteiger partial charge >= 0.3 is 0 Å². The quantitative estimate of drug-likeness (QED) is 0.643. The molecule has 8 heteroatoms. The number of rotatable bonds is 6. The predicted octanol–water partition coefficient (Wildman–Crippen LogP) is 1.70. The van der Waals surface area contributed by atoms with E-state index in [0.29, 0.717) is 22.4 Å². The van der Waals surface area contributed by atoms with Gasteiger partial charge in [-0.2, -0.15) is 0 Å². The molecule has 1 aromatic carbocycles. The van der Waals surface area contributed by atoms with E-state index < -0.39 is 6.29 Å². The van der Waals surface area contributed by atoms with E-state index in [-0.39, 0.29) is 16.9 Å². The molecule has 1 N–H and O–H groups in total. The number of H-pyrrole nitrogens is 1. The van der Waals surface area contributed by atoms with E-state index in [1.54, 1.807) is 12.1 Å². The van der Waals surface area contributed by atoms with Gasteiger partial charge in [0.2, 0.25) is 0 Å². The van der Waals surface area contributed by atoms with Crippen LogP contribution in [0.15, 0.2) is 16.9 Å². The van der Waals surface area contributed by atoms with E-state index in [0.717, 1.165) is 0 Å². The van der Waals surface area contributed by atoms with E-state index in [1.807, 2.05) is 0 Å². The molecule has 0 saturated carbocycles. The highest BCUT2D eigenvalue weighted by Crippen LogP contribution is 2.29. The molecule has 2 aromatic rings. The molecule has 0 aliphatic rings. The van der Waals surface area contributed by atoms with Gasteiger partial charge < -0.3 is 23.9 Å². The van der Waals surface area contributed by atoms with Crippen LogP contribution in [-0.2, 0) is 16.0 Å². The summed E-state index contributed by atoms with van der Waals surface area (Å²) in [7, 11) is 6.04. The van der Waals surface area contributed by atoms with Gasteiger partial charge in [0.25, 0.3) is 5.56 Å². The lowest BCUT2D eigenvalue weighted by Crippen LogP contribution is -2.30. The van der Waals surface area contributed by atoms with Crippen molar-refractivity contribution in [3.63, 3.8) is 0 Å². The van der Waals surface area contributed by atoms with E-state index in [2.05, 4.69) is 4.98 Å². The Bertz CT molecular complexity index is 779. The summed E-state index contributed by atoms with van der Waals surface area (Å²) >= 11 is 5.25. The first-order valence-corrected chi connectivity index (χ1v) is 6.91. The topological polar surface area (TPSA) is 74.7 Å². The molecule has 0 aliphatic heterocycles. The van der Waals surface area contributed by atoms with Crippen LogP contribution in [0.2, 0.25) is 0 Å². The number of aromatic amines is 1. The molecule has 0 amide bonds. The molecule has 0 unspecified atom stereocenters. The third kappa shape index (κ3) is 2.99. The Morgan fingerprint density at radius 1 is 1.14 bits per heavy atom. The van der Waals surface area contributed by atoms with Gasteiger partial charge in [-0.15, -0.1) is 0 Å².